The second kappa shape index (κ2) is 4.73. The van der Waals surface area contributed by atoms with E-state index in [9.17, 15) is 4.79 Å². The van der Waals surface area contributed by atoms with E-state index in [1.54, 1.807) is 14.1 Å². The molecule has 0 saturated heterocycles. The fourth-order valence-corrected chi connectivity index (χ4v) is 1.43. The van der Waals surface area contributed by atoms with Gasteiger partial charge in [0.25, 0.3) is 0 Å². The summed E-state index contributed by atoms with van der Waals surface area (Å²) in [6.07, 6.45) is 0.535. The first-order valence-corrected chi connectivity index (χ1v) is 5.21. The maximum atomic E-state index is 11.8. The van der Waals surface area contributed by atoms with E-state index >= 15 is 0 Å². The number of amides is 1. The lowest BCUT2D eigenvalue weighted by Gasteiger charge is -2.10. The van der Waals surface area contributed by atoms with Crippen molar-refractivity contribution in [3.8, 4) is 0 Å². The van der Waals surface area contributed by atoms with Crippen LogP contribution in [0.15, 0.2) is 30.3 Å². The molecule has 0 spiro atoms. The number of carbonyl (C=O) groups excluding carboxylic acids is 1. The summed E-state index contributed by atoms with van der Waals surface area (Å²) in [4.78, 5) is 13.2. The van der Waals surface area contributed by atoms with Gasteiger partial charge in [0.1, 0.15) is 0 Å². The molecule has 0 aliphatic rings. The Morgan fingerprint density at radius 2 is 2.00 bits per heavy atom. The van der Waals surface area contributed by atoms with Crippen LogP contribution < -0.4 is 0 Å². The van der Waals surface area contributed by atoms with Gasteiger partial charge in [0.2, 0.25) is 0 Å². The zero-order valence-corrected chi connectivity index (χ0v) is 9.74. The van der Waals surface area contributed by atoms with Crippen molar-refractivity contribution < 1.29 is 4.79 Å². The van der Waals surface area contributed by atoms with Crippen molar-refractivity contribution in [2.45, 2.75) is 6.42 Å². The Kier molecular flexibility index (Phi) is 3.13. The van der Waals surface area contributed by atoms with Gasteiger partial charge in [-0.15, -0.1) is 9.78 Å². The van der Waals surface area contributed by atoms with Gasteiger partial charge in [-0.3, -0.25) is 0 Å². The highest BCUT2D eigenvalue weighted by Crippen LogP contribution is 2.06. The summed E-state index contributed by atoms with van der Waals surface area (Å²) in [6, 6.07) is 9.52. The molecule has 1 amide bonds. The van der Waals surface area contributed by atoms with E-state index in [1.807, 2.05) is 30.3 Å². The Hall–Kier alpha value is -2.24. The highest BCUT2D eigenvalue weighted by atomic mass is 16.2. The average molecular weight is 231 g/mol. The van der Waals surface area contributed by atoms with Gasteiger partial charge in [0.15, 0.2) is 5.82 Å². The van der Waals surface area contributed by atoms with Crippen molar-refractivity contribution >= 4 is 6.03 Å². The predicted octanol–water partition coefficient (Wildman–Crippen LogP) is 0.794. The molecule has 0 fully saturated rings. The van der Waals surface area contributed by atoms with E-state index in [4.69, 9.17) is 0 Å². The molecule has 1 heterocycles. The first-order valence-electron chi connectivity index (χ1n) is 5.21. The van der Waals surface area contributed by atoms with Gasteiger partial charge in [-0.2, -0.15) is 0 Å². The molecular formula is C11H13N5O. The molecule has 2 rings (SSSR count). The Morgan fingerprint density at radius 3 is 2.65 bits per heavy atom. The van der Waals surface area contributed by atoms with Gasteiger partial charge in [-0.05, 0) is 16.0 Å². The Balaban J connectivity index is 2.23. The van der Waals surface area contributed by atoms with E-state index in [1.165, 1.54) is 9.58 Å². The van der Waals surface area contributed by atoms with Gasteiger partial charge in [0, 0.05) is 20.5 Å². The molecule has 0 aliphatic heterocycles. The van der Waals surface area contributed by atoms with Crippen LogP contribution in [0.5, 0.6) is 0 Å². The first kappa shape index (κ1) is 11.3. The maximum absolute atomic E-state index is 11.8. The smallest absolute Gasteiger partial charge is 0.329 e. The molecule has 0 N–H and O–H groups in total. The van der Waals surface area contributed by atoms with Crippen LogP contribution in [0.25, 0.3) is 0 Å². The Bertz CT molecular complexity index is 506. The van der Waals surface area contributed by atoms with E-state index < -0.39 is 0 Å². The average Bonchev–Trinajstić information content (AvgIpc) is 2.77. The minimum absolute atomic E-state index is 0.249. The minimum atomic E-state index is -0.249. The van der Waals surface area contributed by atoms with Crippen LogP contribution in [-0.2, 0) is 6.42 Å². The summed E-state index contributed by atoms with van der Waals surface area (Å²) in [7, 11) is 3.33. The molecule has 0 atom stereocenters. The third-order valence-electron chi connectivity index (χ3n) is 2.30. The monoisotopic (exact) mass is 231 g/mol. The Labute approximate surface area is 98.9 Å². The fourth-order valence-electron chi connectivity index (χ4n) is 1.43. The third kappa shape index (κ3) is 2.47. The van der Waals surface area contributed by atoms with Gasteiger partial charge < -0.3 is 4.90 Å². The molecule has 17 heavy (non-hydrogen) atoms. The van der Waals surface area contributed by atoms with E-state index in [2.05, 4.69) is 15.5 Å². The molecule has 1 aromatic heterocycles. The molecule has 0 radical (unpaired) electrons. The highest BCUT2D eigenvalue weighted by Gasteiger charge is 2.15. The van der Waals surface area contributed by atoms with Crippen molar-refractivity contribution in [3.63, 3.8) is 0 Å². The second-order valence-corrected chi connectivity index (χ2v) is 3.85. The molecule has 0 saturated carbocycles. The zero-order valence-electron chi connectivity index (χ0n) is 9.74. The number of benzene rings is 1. The molecular weight excluding hydrogens is 218 g/mol. The number of tetrazole rings is 1. The summed E-state index contributed by atoms with van der Waals surface area (Å²) in [5.74, 6) is 0.537. The van der Waals surface area contributed by atoms with Crippen molar-refractivity contribution in [1.82, 2.24) is 25.1 Å². The van der Waals surface area contributed by atoms with Gasteiger partial charge in [-0.25, -0.2) is 4.79 Å². The molecule has 6 heteroatoms. The SMILES string of the molecule is CN(C)C(=O)n1nnnc1Cc1ccccc1. The predicted molar refractivity (Wildman–Crippen MR) is 61.5 cm³/mol. The highest BCUT2D eigenvalue weighted by molar-refractivity contribution is 5.75. The molecule has 88 valence electrons. The number of hydrogen-bond acceptors (Lipinski definition) is 4. The zero-order chi connectivity index (χ0) is 12.3. The summed E-state index contributed by atoms with van der Waals surface area (Å²) >= 11 is 0. The summed E-state index contributed by atoms with van der Waals surface area (Å²) < 4.78 is 1.22. The quantitative estimate of drug-likeness (QED) is 0.717. The van der Waals surface area contributed by atoms with Crippen LogP contribution in [0.2, 0.25) is 0 Å². The number of hydrogen-bond donors (Lipinski definition) is 0. The number of rotatable bonds is 2. The van der Waals surface area contributed by atoms with Crippen LogP contribution >= 0.6 is 0 Å². The number of carbonyl (C=O) groups is 1. The third-order valence-corrected chi connectivity index (χ3v) is 2.30. The lowest BCUT2D eigenvalue weighted by Crippen LogP contribution is -2.29. The number of aromatic nitrogens is 4. The van der Waals surface area contributed by atoms with Crippen molar-refractivity contribution in [1.29, 1.82) is 0 Å². The van der Waals surface area contributed by atoms with Gasteiger partial charge in [0.05, 0.1) is 0 Å². The first-order chi connectivity index (χ1) is 8.18. The van der Waals surface area contributed by atoms with Crippen LogP contribution in [0, 0.1) is 0 Å². The standard InChI is InChI=1S/C11H13N5O/c1-15(2)11(17)16-10(12-13-14-16)8-9-6-4-3-5-7-9/h3-7H,8H2,1-2H3. The van der Waals surface area contributed by atoms with E-state index in [0.717, 1.165) is 5.56 Å². The van der Waals surface area contributed by atoms with Gasteiger partial charge in [-0.1, -0.05) is 30.3 Å². The van der Waals surface area contributed by atoms with Crippen LogP contribution in [0.3, 0.4) is 0 Å². The fraction of sp³-hybridized carbons (Fsp3) is 0.273. The molecule has 0 aliphatic carbocycles. The molecule has 2 aromatic rings. The van der Waals surface area contributed by atoms with Crippen molar-refractivity contribution in [2.24, 2.45) is 0 Å². The van der Waals surface area contributed by atoms with Gasteiger partial charge >= 0.3 is 6.03 Å². The lowest BCUT2D eigenvalue weighted by molar-refractivity contribution is 0.214. The number of nitrogens with zero attached hydrogens (tertiary/aromatic N) is 5. The van der Waals surface area contributed by atoms with E-state index in [-0.39, 0.29) is 6.03 Å². The van der Waals surface area contributed by atoms with Crippen molar-refractivity contribution in [3.05, 3.63) is 41.7 Å². The summed E-state index contributed by atoms with van der Waals surface area (Å²) in [5, 5.41) is 11.1. The molecule has 1 aromatic carbocycles. The molecule has 0 unspecified atom stereocenters. The van der Waals surface area contributed by atoms with Crippen molar-refractivity contribution in [2.75, 3.05) is 14.1 Å². The summed E-state index contributed by atoms with van der Waals surface area (Å²) in [6.45, 7) is 0. The maximum Gasteiger partial charge on any atom is 0.347 e. The van der Waals surface area contributed by atoms with Crippen LogP contribution in [-0.4, -0.2) is 45.2 Å². The molecule has 6 nitrogen and oxygen atoms in total. The molecule has 0 bridgehead atoms. The summed E-state index contributed by atoms with van der Waals surface area (Å²) in [5.41, 5.74) is 1.06. The Morgan fingerprint density at radius 1 is 1.29 bits per heavy atom. The van der Waals surface area contributed by atoms with Crippen LogP contribution in [0.1, 0.15) is 11.4 Å². The second-order valence-electron chi connectivity index (χ2n) is 3.85. The lowest BCUT2D eigenvalue weighted by atomic mass is 10.1. The topological polar surface area (TPSA) is 63.9 Å². The van der Waals surface area contributed by atoms with E-state index in [0.29, 0.717) is 12.2 Å². The van der Waals surface area contributed by atoms with Crippen LogP contribution in [0.4, 0.5) is 4.79 Å². The minimum Gasteiger partial charge on any atom is -0.329 e. The largest absolute Gasteiger partial charge is 0.347 e. The normalized spacial score (nSPS) is 10.2.